The van der Waals surface area contributed by atoms with Crippen LogP contribution in [0.5, 0.6) is 0 Å². The van der Waals surface area contributed by atoms with Crippen LogP contribution in [-0.4, -0.2) is 23.2 Å². The van der Waals surface area contributed by atoms with E-state index in [1.54, 1.807) is 19.1 Å². The van der Waals surface area contributed by atoms with E-state index < -0.39 is 30.0 Å². The Bertz CT molecular complexity index is 392. The molecule has 7 heteroatoms. The second-order valence-corrected chi connectivity index (χ2v) is 4.55. The number of hydrogen-bond acceptors (Lipinski definition) is 2. The van der Waals surface area contributed by atoms with Crippen molar-refractivity contribution in [2.24, 2.45) is 0 Å². The molecule has 0 aliphatic carbocycles. The maximum absolute atomic E-state index is 12.5. The fraction of sp³-hybridized carbons (Fsp3) is 0.400. The normalized spacial score (nSPS) is 14.0. The zero-order chi connectivity index (χ0) is 13.1. The van der Waals surface area contributed by atoms with Crippen molar-refractivity contribution in [3.05, 3.63) is 29.8 Å². The van der Waals surface area contributed by atoms with E-state index in [1.165, 1.54) is 12.1 Å². The summed E-state index contributed by atoms with van der Waals surface area (Å²) >= 11 is -2.17. The quantitative estimate of drug-likeness (QED) is 0.769. The van der Waals surface area contributed by atoms with Gasteiger partial charge >= 0.3 is 12.3 Å². The fourth-order valence-electron chi connectivity index (χ4n) is 0.912. The predicted octanol–water partition coefficient (Wildman–Crippen LogP) is 2.93. The minimum atomic E-state index is -4.29. The van der Waals surface area contributed by atoms with Gasteiger partial charge in [0.05, 0.1) is 4.90 Å². The zero-order valence-corrected chi connectivity index (χ0v) is 9.65. The summed E-state index contributed by atoms with van der Waals surface area (Å²) in [5, 5.41) is 0. The van der Waals surface area contributed by atoms with Gasteiger partial charge in [-0.2, -0.15) is 8.78 Å². The predicted molar refractivity (Wildman–Crippen MR) is 54.5 cm³/mol. The van der Waals surface area contributed by atoms with Crippen LogP contribution < -0.4 is 0 Å². The lowest BCUT2D eigenvalue weighted by molar-refractivity contribution is -0.146. The highest BCUT2D eigenvalue weighted by molar-refractivity contribution is 7.80. The number of rotatable bonds is 5. The lowest BCUT2D eigenvalue weighted by Gasteiger charge is -2.14. The van der Waals surface area contributed by atoms with E-state index in [2.05, 4.69) is 4.18 Å². The highest BCUT2D eigenvalue weighted by atomic mass is 32.2. The van der Waals surface area contributed by atoms with Crippen LogP contribution in [0.25, 0.3) is 0 Å². The first kappa shape index (κ1) is 14.1. The van der Waals surface area contributed by atoms with Gasteiger partial charge in [0.15, 0.2) is 11.1 Å². The molecule has 0 heterocycles. The van der Waals surface area contributed by atoms with Crippen LogP contribution in [-0.2, 0) is 15.3 Å². The number of alkyl halides is 4. The summed E-state index contributed by atoms with van der Waals surface area (Å²) in [6.07, 6.45) is -3.84. The molecule has 1 aromatic carbocycles. The Morgan fingerprint density at radius 2 is 1.82 bits per heavy atom. The Morgan fingerprint density at radius 1 is 1.29 bits per heavy atom. The largest absolute Gasteiger partial charge is 0.331 e. The summed E-state index contributed by atoms with van der Waals surface area (Å²) in [6, 6.07) is 6.07. The molecular weight excluding hydrogens is 260 g/mol. The molecule has 96 valence electrons. The van der Waals surface area contributed by atoms with Crippen molar-refractivity contribution < 1.29 is 26.0 Å². The van der Waals surface area contributed by atoms with Crippen molar-refractivity contribution >= 4 is 11.1 Å². The minimum absolute atomic E-state index is 0.153. The van der Waals surface area contributed by atoms with Crippen molar-refractivity contribution in [1.82, 2.24) is 0 Å². The summed E-state index contributed by atoms with van der Waals surface area (Å²) in [5.74, 6) is -4.29. The summed E-state index contributed by atoms with van der Waals surface area (Å²) in [4.78, 5) is 0.153. The first-order valence-corrected chi connectivity index (χ1v) is 5.68. The fourth-order valence-corrected chi connectivity index (χ4v) is 1.67. The van der Waals surface area contributed by atoms with Crippen LogP contribution in [0.2, 0.25) is 0 Å². The van der Waals surface area contributed by atoms with Gasteiger partial charge in [-0.15, -0.1) is 0 Å². The molecule has 1 unspecified atom stereocenters. The molecule has 1 aromatic rings. The second kappa shape index (κ2) is 5.59. The highest BCUT2D eigenvalue weighted by Gasteiger charge is 2.41. The van der Waals surface area contributed by atoms with Gasteiger partial charge in [0.25, 0.3) is 0 Å². The topological polar surface area (TPSA) is 26.3 Å². The highest BCUT2D eigenvalue weighted by Crippen LogP contribution is 2.24. The molecule has 0 saturated heterocycles. The first-order valence-electron chi connectivity index (χ1n) is 4.60. The number of hydrogen-bond donors (Lipinski definition) is 0. The van der Waals surface area contributed by atoms with Crippen LogP contribution in [0, 0.1) is 6.92 Å². The van der Waals surface area contributed by atoms with E-state index in [1.807, 2.05) is 0 Å². The second-order valence-electron chi connectivity index (χ2n) is 3.37. The number of aryl methyl sites for hydroxylation is 1. The van der Waals surface area contributed by atoms with Gasteiger partial charge in [0.2, 0.25) is 0 Å². The third-order valence-electron chi connectivity index (χ3n) is 1.89. The molecule has 0 radical (unpaired) electrons. The molecule has 0 fully saturated rings. The number of benzene rings is 1. The minimum Gasteiger partial charge on any atom is -0.280 e. The zero-order valence-electron chi connectivity index (χ0n) is 8.83. The van der Waals surface area contributed by atoms with Crippen LogP contribution >= 0.6 is 0 Å². The Morgan fingerprint density at radius 3 is 2.29 bits per heavy atom. The Kier molecular flexibility index (Phi) is 4.64. The molecule has 0 N–H and O–H groups in total. The summed E-state index contributed by atoms with van der Waals surface area (Å²) in [6.45, 7) is 0.212. The Balaban J connectivity index is 2.59. The van der Waals surface area contributed by atoms with E-state index in [0.717, 1.165) is 5.56 Å². The maximum Gasteiger partial charge on any atom is 0.331 e. The molecule has 1 atom stereocenters. The standard InChI is InChI=1S/C10H10F4O2S/c1-7-2-4-8(5-3-7)17(15)16-6-10(13,14)9(11)12/h2-5,9H,6H2,1H3. The SMILES string of the molecule is Cc1ccc(S(=O)OCC(F)(F)C(F)F)cc1. The van der Waals surface area contributed by atoms with E-state index in [9.17, 15) is 21.8 Å². The van der Waals surface area contributed by atoms with Gasteiger partial charge in [-0.1, -0.05) is 17.7 Å². The summed E-state index contributed by atoms with van der Waals surface area (Å²) < 4.78 is 64.1. The average molecular weight is 270 g/mol. The van der Waals surface area contributed by atoms with Gasteiger partial charge in [0, 0.05) is 0 Å². The maximum atomic E-state index is 12.5. The Labute approximate surface area is 98.3 Å². The van der Waals surface area contributed by atoms with Crippen molar-refractivity contribution in [1.29, 1.82) is 0 Å². The summed E-state index contributed by atoms with van der Waals surface area (Å²) in [7, 11) is 0. The van der Waals surface area contributed by atoms with Crippen LogP contribution in [0.1, 0.15) is 5.56 Å². The molecule has 0 aliphatic heterocycles. The smallest absolute Gasteiger partial charge is 0.280 e. The monoisotopic (exact) mass is 270 g/mol. The van der Waals surface area contributed by atoms with Crippen molar-refractivity contribution in [2.45, 2.75) is 24.2 Å². The average Bonchev–Trinajstić information content (AvgIpc) is 2.27. The Hall–Kier alpha value is -0.950. The van der Waals surface area contributed by atoms with Crippen LogP contribution in [0.4, 0.5) is 17.6 Å². The van der Waals surface area contributed by atoms with Crippen LogP contribution in [0.3, 0.4) is 0 Å². The molecule has 0 spiro atoms. The van der Waals surface area contributed by atoms with E-state index in [0.29, 0.717) is 0 Å². The van der Waals surface area contributed by atoms with Gasteiger partial charge < -0.3 is 0 Å². The van der Waals surface area contributed by atoms with Crippen LogP contribution in [0.15, 0.2) is 29.2 Å². The molecule has 0 saturated carbocycles. The van der Waals surface area contributed by atoms with Crippen molar-refractivity contribution in [3.8, 4) is 0 Å². The van der Waals surface area contributed by atoms with Gasteiger partial charge in [0.1, 0.15) is 6.61 Å². The van der Waals surface area contributed by atoms with Crippen molar-refractivity contribution in [2.75, 3.05) is 6.61 Å². The lowest BCUT2D eigenvalue weighted by atomic mass is 10.2. The molecule has 17 heavy (non-hydrogen) atoms. The molecular formula is C10H10F4O2S. The molecule has 0 aromatic heterocycles. The van der Waals surface area contributed by atoms with Gasteiger partial charge in [-0.05, 0) is 19.1 Å². The molecule has 2 nitrogen and oxygen atoms in total. The number of halogens is 4. The first-order chi connectivity index (χ1) is 7.83. The summed E-state index contributed by atoms with van der Waals surface area (Å²) in [5.41, 5.74) is 0.892. The molecule has 0 aliphatic rings. The van der Waals surface area contributed by atoms with E-state index in [4.69, 9.17) is 0 Å². The molecule has 0 amide bonds. The van der Waals surface area contributed by atoms with Crippen molar-refractivity contribution in [3.63, 3.8) is 0 Å². The van der Waals surface area contributed by atoms with E-state index in [-0.39, 0.29) is 4.90 Å². The van der Waals surface area contributed by atoms with E-state index >= 15 is 0 Å². The molecule has 1 rings (SSSR count). The molecule has 0 bridgehead atoms. The lowest BCUT2D eigenvalue weighted by Crippen LogP contribution is -2.32. The third kappa shape index (κ3) is 4.08. The van der Waals surface area contributed by atoms with Gasteiger partial charge in [-0.25, -0.2) is 13.0 Å². The third-order valence-corrected chi connectivity index (χ3v) is 2.88. The van der Waals surface area contributed by atoms with Gasteiger partial charge in [-0.3, -0.25) is 4.18 Å².